The van der Waals surface area contributed by atoms with Crippen molar-refractivity contribution in [3.8, 4) is 0 Å². The van der Waals surface area contributed by atoms with E-state index in [4.69, 9.17) is 11.6 Å². The Morgan fingerprint density at radius 3 is 2.63 bits per heavy atom. The normalized spacial score (nSPS) is 17.3. The van der Waals surface area contributed by atoms with Crippen LogP contribution in [0.5, 0.6) is 0 Å². The van der Waals surface area contributed by atoms with Crippen LogP contribution < -0.4 is 15.5 Å². The molecule has 0 bridgehead atoms. The summed E-state index contributed by atoms with van der Waals surface area (Å²) in [6.07, 6.45) is 0.989. The van der Waals surface area contributed by atoms with E-state index in [0.717, 1.165) is 0 Å². The summed E-state index contributed by atoms with van der Waals surface area (Å²) in [4.78, 5) is 26.1. The number of carbonyl (C=O) groups is 2. The fourth-order valence-electron chi connectivity index (χ4n) is 2.97. The lowest BCUT2D eigenvalue weighted by Gasteiger charge is -2.42. The maximum atomic E-state index is 13.2. The number of hydrogen-bond acceptors (Lipinski definition) is 5. The number of carbonyl (C=O) groups excluding carboxylic acids is 2. The largest absolute Gasteiger partial charge is 0.475 e. The molecule has 0 saturated carbocycles. The molecule has 2 rings (SSSR count). The van der Waals surface area contributed by atoms with Crippen LogP contribution in [-0.4, -0.2) is 54.1 Å². The highest BCUT2D eigenvalue weighted by molar-refractivity contribution is 6.43. The fourth-order valence-corrected chi connectivity index (χ4v) is 3.24. The van der Waals surface area contributed by atoms with Gasteiger partial charge < -0.3 is 25.6 Å². The fraction of sp³-hybridized carbons (Fsp3) is 0.529. The standard InChI is InChI=1S/C17H24BClFN3O4/c1-10(2)7-15(18(26)27)22-16(24)9-21-17(25)14-5-6-23(14)13-4-3-11(20)8-12(13)19/h3-4,8,10,14-15,26-27H,5-7,9H2,1-2H3,(H,21,25)(H,22,24). The van der Waals surface area contributed by atoms with Gasteiger partial charge in [0, 0.05) is 6.54 Å². The molecule has 2 amide bonds. The average Bonchev–Trinajstić information content (AvgIpc) is 2.53. The first-order valence-electron chi connectivity index (χ1n) is 8.84. The highest BCUT2D eigenvalue weighted by Gasteiger charge is 2.35. The predicted molar refractivity (Wildman–Crippen MR) is 102 cm³/mol. The Labute approximate surface area is 163 Å². The van der Waals surface area contributed by atoms with Crippen LogP contribution in [0.25, 0.3) is 0 Å². The van der Waals surface area contributed by atoms with E-state index in [1.807, 2.05) is 13.8 Å². The Hall–Kier alpha value is -1.84. The van der Waals surface area contributed by atoms with Gasteiger partial charge in [-0.3, -0.25) is 9.59 Å². The van der Waals surface area contributed by atoms with Gasteiger partial charge >= 0.3 is 7.12 Å². The molecule has 1 aliphatic rings. The third-order valence-electron chi connectivity index (χ3n) is 4.40. The third-order valence-corrected chi connectivity index (χ3v) is 4.70. The second-order valence-electron chi connectivity index (χ2n) is 7.03. The lowest BCUT2D eigenvalue weighted by atomic mass is 9.75. The molecule has 0 aromatic heterocycles. The number of rotatable bonds is 8. The minimum absolute atomic E-state index is 0.163. The zero-order valence-electron chi connectivity index (χ0n) is 15.3. The summed E-state index contributed by atoms with van der Waals surface area (Å²) < 4.78 is 13.2. The molecule has 2 unspecified atom stereocenters. The van der Waals surface area contributed by atoms with E-state index in [9.17, 15) is 24.0 Å². The Morgan fingerprint density at radius 1 is 1.41 bits per heavy atom. The first kappa shape index (κ1) is 21.5. The molecule has 1 heterocycles. The average molecular weight is 400 g/mol. The van der Waals surface area contributed by atoms with Crippen molar-refractivity contribution in [3.05, 3.63) is 29.0 Å². The minimum atomic E-state index is -1.67. The molecule has 27 heavy (non-hydrogen) atoms. The van der Waals surface area contributed by atoms with E-state index in [1.165, 1.54) is 18.2 Å². The first-order chi connectivity index (χ1) is 12.7. The Bertz CT molecular complexity index is 692. The smallest absolute Gasteiger partial charge is 0.426 e. The van der Waals surface area contributed by atoms with Gasteiger partial charge in [-0.2, -0.15) is 0 Å². The van der Waals surface area contributed by atoms with Gasteiger partial charge in [0.1, 0.15) is 11.9 Å². The topological polar surface area (TPSA) is 102 Å². The van der Waals surface area contributed by atoms with E-state index < -0.39 is 30.8 Å². The molecule has 10 heteroatoms. The van der Waals surface area contributed by atoms with Gasteiger partial charge in [-0.1, -0.05) is 25.4 Å². The molecular weight excluding hydrogens is 375 g/mol. The second-order valence-corrected chi connectivity index (χ2v) is 7.44. The molecule has 148 valence electrons. The van der Waals surface area contributed by atoms with Crippen LogP contribution in [0.1, 0.15) is 26.7 Å². The number of hydrogen-bond donors (Lipinski definition) is 4. The summed E-state index contributed by atoms with van der Waals surface area (Å²) in [6, 6.07) is 3.49. The van der Waals surface area contributed by atoms with Crippen molar-refractivity contribution in [2.24, 2.45) is 5.92 Å². The maximum absolute atomic E-state index is 13.2. The van der Waals surface area contributed by atoms with Gasteiger partial charge in [0.2, 0.25) is 11.8 Å². The summed E-state index contributed by atoms with van der Waals surface area (Å²) in [5.41, 5.74) is 0.564. The molecular formula is C17H24BClFN3O4. The molecule has 1 saturated heterocycles. The Morgan fingerprint density at radius 2 is 2.11 bits per heavy atom. The van der Waals surface area contributed by atoms with E-state index in [2.05, 4.69) is 10.6 Å². The number of nitrogens with one attached hydrogen (secondary N) is 2. The van der Waals surface area contributed by atoms with Crippen LogP contribution in [0.3, 0.4) is 0 Å². The highest BCUT2D eigenvalue weighted by atomic mass is 35.5. The number of benzene rings is 1. The van der Waals surface area contributed by atoms with Gasteiger partial charge in [-0.05, 0) is 37.0 Å². The molecule has 2 atom stereocenters. The van der Waals surface area contributed by atoms with Crippen molar-refractivity contribution >= 4 is 36.2 Å². The number of halogens is 2. The van der Waals surface area contributed by atoms with Crippen molar-refractivity contribution in [1.82, 2.24) is 10.6 Å². The van der Waals surface area contributed by atoms with Crippen LogP contribution in [-0.2, 0) is 9.59 Å². The van der Waals surface area contributed by atoms with Gasteiger partial charge in [-0.15, -0.1) is 0 Å². The minimum Gasteiger partial charge on any atom is -0.426 e. The summed E-state index contributed by atoms with van der Waals surface area (Å²) >= 11 is 6.04. The number of amides is 2. The Balaban J connectivity index is 1.87. The van der Waals surface area contributed by atoms with Gasteiger partial charge in [0.05, 0.1) is 23.2 Å². The van der Waals surface area contributed by atoms with Gasteiger partial charge in [0.15, 0.2) is 0 Å². The number of anilines is 1. The monoisotopic (exact) mass is 399 g/mol. The lowest BCUT2D eigenvalue weighted by molar-refractivity contribution is -0.127. The molecule has 7 nitrogen and oxygen atoms in total. The molecule has 4 N–H and O–H groups in total. The second kappa shape index (κ2) is 9.39. The maximum Gasteiger partial charge on any atom is 0.475 e. The summed E-state index contributed by atoms with van der Waals surface area (Å²) in [6.45, 7) is 4.12. The van der Waals surface area contributed by atoms with Crippen molar-refractivity contribution < 1.29 is 24.0 Å². The first-order valence-corrected chi connectivity index (χ1v) is 9.21. The number of nitrogens with zero attached hydrogens (tertiary/aromatic N) is 1. The molecule has 0 aliphatic carbocycles. The van der Waals surface area contributed by atoms with E-state index in [1.54, 1.807) is 4.90 Å². The lowest BCUT2D eigenvalue weighted by Crippen LogP contribution is -2.58. The summed E-state index contributed by atoms with van der Waals surface area (Å²) in [5.74, 6) is -1.94. The van der Waals surface area contributed by atoms with Crippen LogP contribution >= 0.6 is 11.6 Å². The third kappa shape index (κ3) is 5.82. The SMILES string of the molecule is CC(C)CC(NC(=O)CNC(=O)C1CCN1c1ccc(F)cc1Cl)B(O)O. The molecule has 1 aromatic carbocycles. The van der Waals surface area contributed by atoms with Crippen LogP contribution in [0, 0.1) is 11.7 Å². The predicted octanol–water partition coefficient (Wildman–Crippen LogP) is 0.717. The van der Waals surface area contributed by atoms with E-state index >= 15 is 0 Å². The van der Waals surface area contributed by atoms with Crippen molar-refractivity contribution in [2.75, 3.05) is 18.0 Å². The molecule has 0 spiro atoms. The van der Waals surface area contributed by atoms with Crippen molar-refractivity contribution in [3.63, 3.8) is 0 Å². The zero-order chi connectivity index (χ0) is 20.1. The van der Waals surface area contributed by atoms with E-state index in [0.29, 0.717) is 25.1 Å². The van der Waals surface area contributed by atoms with Crippen LogP contribution in [0.4, 0.5) is 10.1 Å². The highest BCUT2D eigenvalue weighted by Crippen LogP contribution is 2.33. The zero-order valence-corrected chi connectivity index (χ0v) is 16.0. The summed E-state index contributed by atoms with van der Waals surface area (Å²) in [7, 11) is -1.67. The van der Waals surface area contributed by atoms with Crippen LogP contribution in [0.2, 0.25) is 5.02 Å². The van der Waals surface area contributed by atoms with Crippen molar-refractivity contribution in [2.45, 2.75) is 38.7 Å². The van der Waals surface area contributed by atoms with Crippen LogP contribution in [0.15, 0.2) is 18.2 Å². The van der Waals surface area contributed by atoms with E-state index in [-0.39, 0.29) is 23.4 Å². The molecule has 1 fully saturated rings. The molecule has 1 aliphatic heterocycles. The Kier molecular flexibility index (Phi) is 7.46. The quantitative estimate of drug-likeness (QED) is 0.483. The van der Waals surface area contributed by atoms with Gasteiger partial charge in [0.25, 0.3) is 0 Å². The summed E-state index contributed by atoms with van der Waals surface area (Å²) in [5, 5.41) is 23.9. The molecule has 0 radical (unpaired) electrons. The van der Waals surface area contributed by atoms with Crippen molar-refractivity contribution in [1.29, 1.82) is 0 Å². The molecule has 1 aromatic rings. The van der Waals surface area contributed by atoms with Gasteiger partial charge in [-0.25, -0.2) is 4.39 Å².